The molecule has 0 unspecified atom stereocenters. The SMILES string of the molecule is COCc1ccc2[nH]c(C(C)C)c(C(=O)OC)c2c1. The van der Waals surface area contributed by atoms with Crippen LogP contribution in [0.4, 0.5) is 0 Å². The minimum absolute atomic E-state index is 0.229. The van der Waals surface area contributed by atoms with Crippen molar-refractivity contribution < 1.29 is 14.3 Å². The summed E-state index contributed by atoms with van der Waals surface area (Å²) in [6, 6.07) is 5.95. The zero-order valence-corrected chi connectivity index (χ0v) is 11.7. The Morgan fingerprint density at radius 3 is 2.63 bits per heavy atom. The normalized spacial score (nSPS) is 11.2. The standard InChI is InChI=1S/C15H19NO3/c1-9(2)14-13(15(17)19-4)11-7-10(8-18-3)5-6-12(11)16-14/h5-7,9,16H,8H2,1-4H3. The minimum atomic E-state index is -0.301. The highest BCUT2D eigenvalue weighted by atomic mass is 16.5. The molecule has 0 bridgehead atoms. The second-order valence-corrected chi connectivity index (χ2v) is 4.87. The van der Waals surface area contributed by atoms with Crippen LogP contribution in [-0.2, 0) is 16.1 Å². The Labute approximate surface area is 112 Å². The second-order valence-electron chi connectivity index (χ2n) is 4.87. The first kappa shape index (κ1) is 13.6. The van der Waals surface area contributed by atoms with E-state index in [4.69, 9.17) is 9.47 Å². The van der Waals surface area contributed by atoms with Gasteiger partial charge in [-0.3, -0.25) is 0 Å². The molecule has 0 atom stereocenters. The van der Waals surface area contributed by atoms with Crippen LogP contribution < -0.4 is 0 Å². The quantitative estimate of drug-likeness (QED) is 0.860. The number of aromatic amines is 1. The van der Waals surface area contributed by atoms with E-state index in [0.717, 1.165) is 22.2 Å². The fraction of sp³-hybridized carbons (Fsp3) is 0.400. The van der Waals surface area contributed by atoms with E-state index >= 15 is 0 Å². The molecule has 0 radical (unpaired) electrons. The Morgan fingerprint density at radius 2 is 2.05 bits per heavy atom. The molecule has 2 aromatic rings. The molecule has 0 aliphatic rings. The first-order valence-corrected chi connectivity index (χ1v) is 6.30. The number of rotatable bonds is 4. The van der Waals surface area contributed by atoms with Gasteiger partial charge in [-0.1, -0.05) is 19.9 Å². The van der Waals surface area contributed by atoms with Crippen LogP contribution in [0.2, 0.25) is 0 Å². The number of esters is 1. The van der Waals surface area contributed by atoms with E-state index < -0.39 is 0 Å². The number of benzene rings is 1. The van der Waals surface area contributed by atoms with Crippen LogP contribution in [0.1, 0.15) is 41.4 Å². The van der Waals surface area contributed by atoms with E-state index in [-0.39, 0.29) is 11.9 Å². The van der Waals surface area contributed by atoms with Crippen LogP contribution in [0, 0.1) is 0 Å². The number of ether oxygens (including phenoxy) is 2. The topological polar surface area (TPSA) is 51.3 Å². The highest BCUT2D eigenvalue weighted by Crippen LogP contribution is 2.29. The number of aromatic nitrogens is 1. The lowest BCUT2D eigenvalue weighted by molar-refractivity contribution is 0.0601. The zero-order valence-electron chi connectivity index (χ0n) is 11.7. The number of carbonyl (C=O) groups is 1. The predicted molar refractivity (Wildman–Crippen MR) is 74.4 cm³/mol. The Kier molecular flexibility index (Phi) is 3.90. The smallest absolute Gasteiger partial charge is 0.340 e. The van der Waals surface area contributed by atoms with Gasteiger partial charge in [0.1, 0.15) is 0 Å². The molecular formula is C15H19NO3. The van der Waals surface area contributed by atoms with E-state index in [1.165, 1.54) is 7.11 Å². The maximum absolute atomic E-state index is 12.0. The molecule has 102 valence electrons. The largest absolute Gasteiger partial charge is 0.465 e. The predicted octanol–water partition coefficient (Wildman–Crippen LogP) is 3.22. The van der Waals surface area contributed by atoms with Crippen molar-refractivity contribution in [2.24, 2.45) is 0 Å². The van der Waals surface area contributed by atoms with E-state index in [0.29, 0.717) is 12.2 Å². The van der Waals surface area contributed by atoms with Crippen LogP contribution in [0.5, 0.6) is 0 Å². The van der Waals surface area contributed by atoms with Crippen molar-refractivity contribution in [3.63, 3.8) is 0 Å². The van der Waals surface area contributed by atoms with Crippen molar-refractivity contribution >= 4 is 16.9 Å². The number of hydrogen-bond acceptors (Lipinski definition) is 3. The Balaban J connectivity index is 2.66. The number of nitrogens with one attached hydrogen (secondary N) is 1. The lowest BCUT2D eigenvalue weighted by Crippen LogP contribution is -2.05. The number of methoxy groups -OCH3 is 2. The van der Waals surface area contributed by atoms with Crippen molar-refractivity contribution in [2.45, 2.75) is 26.4 Å². The van der Waals surface area contributed by atoms with E-state index in [1.54, 1.807) is 7.11 Å². The monoisotopic (exact) mass is 261 g/mol. The molecule has 0 spiro atoms. The third-order valence-corrected chi connectivity index (χ3v) is 3.17. The molecule has 0 fully saturated rings. The number of carbonyl (C=O) groups excluding carboxylic acids is 1. The summed E-state index contributed by atoms with van der Waals surface area (Å²) in [4.78, 5) is 15.3. The number of fused-ring (bicyclic) bond motifs is 1. The zero-order chi connectivity index (χ0) is 14.0. The highest BCUT2D eigenvalue weighted by molar-refractivity contribution is 6.05. The van der Waals surface area contributed by atoms with Gasteiger partial charge in [0.15, 0.2) is 0 Å². The van der Waals surface area contributed by atoms with E-state index in [2.05, 4.69) is 4.98 Å². The van der Waals surface area contributed by atoms with Crippen molar-refractivity contribution in [1.82, 2.24) is 4.98 Å². The summed E-state index contributed by atoms with van der Waals surface area (Å²) in [5, 5.41) is 0.894. The van der Waals surface area contributed by atoms with Crippen LogP contribution in [0.25, 0.3) is 10.9 Å². The van der Waals surface area contributed by atoms with Gasteiger partial charge in [0, 0.05) is 23.7 Å². The molecule has 4 nitrogen and oxygen atoms in total. The molecular weight excluding hydrogens is 242 g/mol. The summed E-state index contributed by atoms with van der Waals surface area (Å²) in [5.74, 6) is -0.0723. The van der Waals surface area contributed by atoms with Gasteiger partial charge in [0.05, 0.1) is 19.3 Å². The summed E-state index contributed by atoms with van der Waals surface area (Å²) in [6.45, 7) is 4.62. The van der Waals surface area contributed by atoms with Gasteiger partial charge in [-0.05, 0) is 23.6 Å². The summed E-state index contributed by atoms with van der Waals surface area (Å²) in [5.41, 5.74) is 3.53. The molecule has 1 heterocycles. The third kappa shape index (κ3) is 2.49. The van der Waals surface area contributed by atoms with Crippen molar-refractivity contribution in [1.29, 1.82) is 0 Å². The van der Waals surface area contributed by atoms with E-state index in [9.17, 15) is 4.79 Å². The molecule has 1 N–H and O–H groups in total. The first-order chi connectivity index (χ1) is 9.08. The average molecular weight is 261 g/mol. The molecule has 0 amide bonds. The van der Waals surface area contributed by atoms with Crippen LogP contribution in [0.15, 0.2) is 18.2 Å². The van der Waals surface area contributed by atoms with Crippen LogP contribution in [0.3, 0.4) is 0 Å². The molecule has 0 aliphatic heterocycles. The Bertz CT molecular complexity index is 599. The van der Waals surface area contributed by atoms with E-state index in [1.807, 2.05) is 32.0 Å². The molecule has 4 heteroatoms. The summed E-state index contributed by atoms with van der Waals surface area (Å²) >= 11 is 0. The van der Waals surface area contributed by atoms with Crippen LogP contribution >= 0.6 is 0 Å². The van der Waals surface area contributed by atoms with Crippen molar-refractivity contribution in [3.8, 4) is 0 Å². The molecule has 1 aromatic carbocycles. The van der Waals surface area contributed by atoms with Crippen molar-refractivity contribution in [3.05, 3.63) is 35.0 Å². The third-order valence-electron chi connectivity index (χ3n) is 3.17. The fourth-order valence-corrected chi connectivity index (χ4v) is 2.27. The Morgan fingerprint density at radius 1 is 1.32 bits per heavy atom. The fourth-order valence-electron chi connectivity index (χ4n) is 2.27. The lowest BCUT2D eigenvalue weighted by Gasteiger charge is -2.06. The van der Waals surface area contributed by atoms with Crippen LogP contribution in [-0.4, -0.2) is 25.2 Å². The highest BCUT2D eigenvalue weighted by Gasteiger charge is 2.21. The van der Waals surface area contributed by atoms with Gasteiger partial charge < -0.3 is 14.5 Å². The summed E-state index contributed by atoms with van der Waals surface area (Å²) in [6.07, 6.45) is 0. The first-order valence-electron chi connectivity index (χ1n) is 6.30. The maximum atomic E-state index is 12.0. The maximum Gasteiger partial charge on any atom is 0.340 e. The Hall–Kier alpha value is -1.81. The molecule has 0 saturated heterocycles. The number of H-pyrrole nitrogens is 1. The summed E-state index contributed by atoms with van der Waals surface area (Å²) in [7, 11) is 3.06. The van der Waals surface area contributed by atoms with Gasteiger partial charge in [0.2, 0.25) is 0 Å². The molecule has 1 aromatic heterocycles. The van der Waals surface area contributed by atoms with Gasteiger partial charge in [-0.25, -0.2) is 4.79 Å². The molecule has 2 rings (SSSR count). The second kappa shape index (κ2) is 5.45. The molecule has 0 saturated carbocycles. The lowest BCUT2D eigenvalue weighted by atomic mass is 10.0. The molecule has 0 aliphatic carbocycles. The molecule has 19 heavy (non-hydrogen) atoms. The van der Waals surface area contributed by atoms with Gasteiger partial charge >= 0.3 is 5.97 Å². The van der Waals surface area contributed by atoms with Gasteiger partial charge in [-0.2, -0.15) is 0 Å². The van der Waals surface area contributed by atoms with Gasteiger partial charge in [0.25, 0.3) is 0 Å². The summed E-state index contributed by atoms with van der Waals surface area (Å²) < 4.78 is 10.0. The minimum Gasteiger partial charge on any atom is -0.465 e. The number of hydrogen-bond donors (Lipinski definition) is 1. The van der Waals surface area contributed by atoms with Crippen molar-refractivity contribution in [2.75, 3.05) is 14.2 Å². The average Bonchev–Trinajstić information content (AvgIpc) is 2.77. The van der Waals surface area contributed by atoms with Gasteiger partial charge in [-0.15, -0.1) is 0 Å².